The molecule has 8 nitrogen and oxygen atoms in total. The molecule has 2 aromatic rings. The molecule has 2 amide bonds. The number of benzene rings is 1. The van der Waals surface area contributed by atoms with E-state index in [9.17, 15) is 9.59 Å². The van der Waals surface area contributed by atoms with Crippen LogP contribution in [0.3, 0.4) is 0 Å². The Kier molecular flexibility index (Phi) is 6.42. The molecule has 36 heavy (non-hydrogen) atoms. The van der Waals surface area contributed by atoms with E-state index in [1.807, 2.05) is 24.8 Å². The van der Waals surface area contributed by atoms with E-state index in [2.05, 4.69) is 46.7 Å². The molecule has 1 aromatic heterocycles. The third-order valence-electron chi connectivity index (χ3n) is 6.74. The van der Waals surface area contributed by atoms with Crippen LogP contribution < -0.4 is 0 Å². The summed E-state index contributed by atoms with van der Waals surface area (Å²) in [7, 11) is 0. The lowest BCUT2D eigenvalue weighted by Gasteiger charge is -2.26. The SMILES string of the molecule is Cc1cc(C)cc(-n2c(C)cc(/C=C3\C(=N)N4N=C(CC(=O)N5CCCCC5)SC4=NC3=O)c2C)c1. The Morgan fingerprint density at radius 1 is 1.06 bits per heavy atom. The number of aryl methyl sites for hydroxylation is 3. The number of piperidine rings is 1. The second-order valence-corrected chi connectivity index (χ2v) is 10.7. The van der Waals surface area contributed by atoms with Gasteiger partial charge in [-0.25, -0.2) is 0 Å². The molecule has 3 aliphatic heterocycles. The molecule has 1 saturated heterocycles. The first-order chi connectivity index (χ1) is 17.2. The Morgan fingerprint density at radius 2 is 1.75 bits per heavy atom. The van der Waals surface area contributed by atoms with Gasteiger partial charge in [-0.3, -0.25) is 15.0 Å². The van der Waals surface area contributed by atoms with Crippen molar-refractivity contribution in [2.45, 2.75) is 53.4 Å². The van der Waals surface area contributed by atoms with Gasteiger partial charge in [0.05, 0.1) is 12.0 Å². The number of hydrogen-bond donors (Lipinski definition) is 1. The van der Waals surface area contributed by atoms with Crippen molar-refractivity contribution in [3.05, 3.63) is 57.9 Å². The molecular weight excluding hydrogens is 472 g/mol. The number of thioether (sulfide) groups is 1. The Balaban J connectivity index is 1.41. The lowest BCUT2D eigenvalue weighted by molar-refractivity contribution is -0.130. The largest absolute Gasteiger partial charge is 0.342 e. The molecule has 0 saturated carbocycles. The average molecular weight is 503 g/mol. The Hall–Kier alpha value is -3.46. The number of aromatic nitrogens is 1. The molecule has 0 atom stereocenters. The third kappa shape index (κ3) is 4.55. The zero-order valence-electron chi connectivity index (χ0n) is 21.1. The molecule has 0 aliphatic carbocycles. The van der Waals surface area contributed by atoms with Crippen LogP contribution in [0.1, 0.15) is 53.8 Å². The van der Waals surface area contributed by atoms with Gasteiger partial charge >= 0.3 is 0 Å². The van der Waals surface area contributed by atoms with E-state index in [1.54, 1.807) is 6.08 Å². The van der Waals surface area contributed by atoms with Gasteiger partial charge in [-0.1, -0.05) is 6.07 Å². The van der Waals surface area contributed by atoms with Gasteiger partial charge in [0, 0.05) is 30.2 Å². The van der Waals surface area contributed by atoms with E-state index in [1.165, 1.54) is 27.9 Å². The number of likely N-dealkylation sites (tertiary alicyclic amines) is 1. The van der Waals surface area contributed by atoms with Crippen LogP contribution in [0.2, 0.25) is 0 Å². The first kappa shape index (κ1) is 24.2. The number of amides is 2. The fourth-order valence-corrected chi connectivity index (χ4v) is 5.93. The molecule has 1 aromatic carbocycles. The number of hydrogen-bond acceptors (Lipinski definition) is 5. The summed E-state index contributed by atoms with van der Waals surface area (Å²) in [6.45, 7) is 9.76. The van der Waals surface area contributed by atoms with E-state index < -0.39 is 5.91 Å². The number of hydrazone groups is 1. The lowest BCUT2D eigenvalue weighted by Crippen LogP contribution is -2.36. The minimum atomic E-state index is -0.464. The van der Waals surface area contributed by atoms with Crippen molar-refractivity contribution >= 4 is 45.7 Å². The van der Waals surface area contributed by atoms with Crippen LogP contribution in [-0.4, -0.2) is 55.4 Å². The van der Waals surface area contributed by atoms with Gasteiger partial charge in [0.25, 0.3) is 5.91 Å². The predicted molar refractivity (Wildman–Crippen MR) is 145 cm³/mol. The number of carbonyl (C=O) groups excluding carboxylic acids is 2. The summed E-state index contributed by atoms with van der Waals surface area (Å²) < 4.78 is 2.16. The van der Waals surface area contributed by atoms with Crippen molar-refractivity contribution in [2.75, 3.05) is 13.1 Å². The van der Waals surface area contributed by atoms with Gasteiger partial charge in [-0.05, 0) is 99.7 Å². The summed E-state index contributed by atoms with van der Waals surface area (Å²) in [5, 5.41) is 15.5. The maximum atomic E-state index is 12.9. The van der Waals surface area contributed by atoms with Crippen molar-refractivity contribution in [1.29, 1.82) is 5.41 Å². The van der Waals surface area contributed by atoms with Gasteiger partial charge < -0.3 is 9.47 Å². The molecule has 1 N–H and O–H groups in total. The van der Waals surface area contributed by atoms with E-state index >= 15 is 0 Å². The van der Waals surface area contributed by atoms with E-state index in [4.69, 9.17) is 5.41 Å². The highest BCUT2D eigenvalue weighted by atomic mass is 32.2. The molecule has 3 aliphatic rings. The lowest BCUT2D eigenvalue weighted by atomic mass is 10.1. The molecular formula is C27H30N6O2S. The van der Waals surface area contributed by atoms with Crippen LogP contribution in [-0.2, 0) is 9.59 Å². The number of rotatable bonds is 4. The third-order valence-corrected chi connectivity index (χ3v) is 7.65. The smallest absolute Gasteiger partial charge is 0.283 e. The predicted octanol–water partition coefficient (Wildman–Crippen LogP) is 4.73. The number of nitrogens with zero attached hydrogens (tertiary/aromatic N) is 5. The molecule has 186 valence electrons. The van der Waals surface area contributed by atoms with Crippen LogP contribution in [0.4, 0.5) is 0 Å². The van der Waals surface area contributed by atoms with Crippen LogP contribution in [0, 0.1) is 33.1 Å². The molecule has 0 unspecified atom stereocenters. The van der Waals surface area contributed by atoms with Gasteiger partial charge in [0.1, 0.15) is 5.04 Å². The molecule has 4 heterocycles. The summed E-state index contributed by atoms with van der Waals surface area (Å²) in [5.41, 5.74) is 6.50. The van der Waals surface area contributed by atoms with Crippen LogP contribution in [0.25, 0.3) is 11.8 Å². The Labute approximate surface area is 215 Å². The topological polar surface area (TPSA) is 94.1 Å². The summed E-state index contributed by atoms with van der Waals surface area (Å²) in [6, 6.07) is 8.43. The highest BCUT2D eigenvalue weighted by Gasteiger charge is 2.36. The summed E-state index contributed by atoms with van der Waals surface area (Å²) in [4.78, 5) is 31.7. The van der Waals surface area contributed by atoms with Crippen LogP contribution in [0.5, 0.6) is 0 Å². The molecule has 9 heteroatoms. The van der Waals surface area contributed by atoms with Crippen LogP contribution >= 0.6 is 11.8 Å². The summed E-state index contributed by atoms with van der Waals surface area (Å²) >= 11 is 1.20. The monoisotopic (exact) mass is 502 g/mol. The summed E-state index contributed by atoms with van der Waals surface area (Å²) in [6.07, 6.45) is 5.11. The average Bonchev–Trinajstić information content (AvgIpc) is 3.35. The number of aliphatic imine (C=N–C) groups is 1. The zero-order chi connectivity index (χ0) is 25.6. The minimum absolute atomic E-state index is 0.0193. The second-order valence-electron chi connectivity index (χ2n) is 9.64. The fraction of sp³-hybridized carbons (Fsp3) is 0.370. The molecule has 0 spiro atoms. The Morgan fingerprint density at radius 3 is 2.44 bits per heavy atom. The van der Waals surface area contributed by atoms with Gasteiger partial charge in [-0.2, -0.15) is 15.1 Å². The van der Waals surface area contributed by atoms with Gasteiger partial charge in [-0.15, -0.1) is 0 Å². The van der Waals surface area contributed by atoms with Gasteiger partial charge in [0.2, 0.25) is 11.1 Å². The summed E-state index contributed by atoms with van der Waals surface area (Å²) in [5.74, 6) is -0.447. The maximum Gasteiger partial charge on any atom is 0.283 e. The van der Waals surface area contributed by atoms with Crippen LogP contribution in [0.15, 0.2) is 39.9 Å². The highest BCUT2D eigenvalue weighted by molar-refractivity contribution is 8.27. The first-order valence-corrected chi connectivity index (χ1v) is 13.1. The van der Waals surface area contributed by atoms with E-state index in [-0.39, 0.29) is 23.7 Å². The second kappa shape index (κ2) is 9.54. The zero-order valence-corrected chi connectivity index (χ0v) is 21.9. The molecule has 0 bridgehead atoms. The van der Waals surface area contributed by atoms with Crippen molar-refractivity contribution in [1.82, 2.24) is 14.5 Å². The molecule has 1 fully saturated rings. The number of carbonyl (C=O) groups is 2. The number of fused-ring (bicyclic) bond motifs is 1. The molecule has 0 radical (unpaired) electrons. The van der Waals surface area contributed by atoms with Crippen molar-refractivity contribution < 1.29 is 9.59 Å². The van der Waals surface area contributed by atoms with Gasteiger partial charge in [0.15, 0.2) is 5.84 Å². The van der Waals surface area contributed by atoms with E-state index in [0.29, 0.717) is 10.2 Å². The quantitative estimate of drug-likeness (QED) is 0.612. The molecule has 5 rings (SSSR count). The highest BCUT2D eigenvalue weighted by Crippen LogP contribution is 2.31. The standard InChI is InChI=1S/C27H30N6O2S/c1-16-10-17(2)12-21(11-16)32-18(3)13-20(19(32)4)14-22-25(28)33-27(29-26(22)35)36-23(30-33)15-24(34)31-8-6-5-7-9-31/h10-14,28H,5-9,15H2,1-4H3/b22-14+,28-25?. The van der Waals surface area contributed by atoms with Crippen molar-refractivity contribution in [3.8, 4) is 5.69 Å². The maximum absolute atomic E-state index is 12.9. The van der Waals surface area contributed by atoms with E-state index in [0.717, 1.165) is 55.0 Å². The first-order valence-electron chi connectivity index (χ1n) is 12.3. The minimum Gasteiger partial charge on any atom is -0.342 e. The van der Waals surface area contributed by atoms with Crippen molar-refractivity contribution in [3.63, 3.8) is 0 Å². The van der Waals surface area contributed by atoms with Crippen molar-refractivity contribution in [2.24, 2.45) is 10.1 Å². The number of nitrogens with one attached hydrogen (secondary N) is 1. The fourth-order valence-electron chi connectivity index (χ4n) is 5.05. The normalized spacial score (nSPS) is 19.1. The number of amidine groups is 2. The Bertz CT molecular complexity index is 1360.